The van der Waals surface area contributed by atoms with Gasteiger partial charge in [-0.05, 0) is 37.8 Å². The lowest BCUT2D eigenvalue weighted by molar-refractivity contribution is 0.327. The zero-order valence-corrected chi connectivity index (χ0v) is 12.8. The number of rotatable bonds is 4. The number of hydrogen-bond donors (Lipinski definition) is 0. The molecule has 4 nitrogen and oxygen atoms in total. The molecule has 19 heavy (non-hydrogen) atoms. The van der Waals surface area contributed by atoms with E-state index in [-0.39, 0.29) is 17.1 Å². The fraction of sp³-hybridized carbons (Fsp3) is 0.615. The molecule has 0 radical (unpaired) electrons. The van der Waals surface area contributed by atoms with Gasteiger partial charge in [0.2, 0.25) is 0 Å². The van der Waals surface area contributed by atoms with Gasteiger partial charge in [-0.15, -0.1) is 11.6 Å². The molecule has 0 spiro atoms. The number of halogens is 1. The zero-order valence-electron chi connectivity index (χ0n) is 11.2. The molecule has 0 N–H and O–H groups in total. The van der Waals surface area contributed by atoms with Gasteiger partial charge < -0.3 is 0 Å². The van der Waals surface area contributed by atoms with E-state index in [2.05, 4.69) is 4.98 Å². The van der Waals surface area contributed by atoms with Crippen molar-refractivity contribution in [2.24, 2.45) is 0 Å². The molecule has 1 fully saturated rings. The van der Waals surface area contributed by atoms with E-state index in [1.54, 1.807) is 16.4 Å². The summed E-state index contributed by atoms with van der Waals surface area (Å²) in [5, 5.41) is 0.119. The fourth-order valence-electron chi connectivity index (χ4n) is 2.62. The molecule has 2 atom stereocenters. The van der Waals surface area contributed by atoms with Crippen LogP contribution in [-0.4, -0.2) is 29.8 Å². The van der Waals surface area contributed by atoms with Gasteiger partial charge in [0.25, 0.3) is 10.0 Å². The van der Waals surface area contributed by atoms with Crippen LogP contribution in [0.25, 0.3) is 0 Å². The standard InChI is InChI=1S/C13H19ClN2O2S/c1-3-12-6-4-10(2)16(12)19(17,18)13-7-5-11(8-14)9-15-13/h5,7,9-10,12H,3-4,6,8H2,1-2H3. The minimum Gasteiger partial charge on any atom is -0.243 e. The summed E-state index contributed by atoms with van der Waals surface area (Å²) in [5.41, 5.74) is 0.821. The Bertz CT molecular complexity index is 530. The molecule has 6 heteroatoms. The molecule has 1 saturated heterocycles. The third kappa shape index (κ3) is 2.78. The molecule has 1 aliphatic heterocycles. The molecule has 2 rings (SSSR count). The number of aromatic nitrogens is 1. The zero-order chi connectivity index (χ0) is 14.0. The van der Waals surface area contributed by atoms with Crippen LogP contribution in [0.2, 0.25) is 0 Å². The summed E-state index contributed by atoms with van der Waals surface area (Å²) in [5.74, 6) is 0.338. The quantitative estimate of drug-likeness (QED) is 0.804. The van der Waals surface area contributed by atoms with Crippen molar-refractivity contribution in [3.05, 3.63) is 23.9 Å². The molecule has 106 valence electrons. The van der Waals surface area contributed by atoms with Crippen LogP contribution >= 0.6 is 11.6 Å². The Hall–Kier alpha value is -0.650. The highest BCUT2D eigenvalue weighted by atomic mass is 35.5. The van der Waals surface area contributed by atoms with E-state index in [0.717, 1.165) is 24.8 Å². The second-order valence-electron chi connectivity index (χ2n) is 4.96. The first kappa shape index (κ1) is 14.8. The van der Waals surface area contributed by atoms with Crippen LogP contribution in [0, 0.1) is 0 Å². The Balaban J connectivity index is 2.35. The Morgan fingerprint density at radius 3 is 2.68 bits per heavy atom. The lowest BCUT2D eigenvalue weighted by Gasteiger charge is -2.26. The number of hydrogen-bond acceptors (Lipinski definition) is 3. The van der Waals surface area contributed by atoms with Crippen molar-refractivity contribution in [3.63, 3.8) is 0 Å². The second kappa shape index (κ2) is 5.77. The van der Waals surface area contributed by atoms with Crippen LogP contribution in [0.5, 0.6) is 0 Å². The van der Waals surface area contributed by atoms with Crippen molar-refractivity contribution in [2.75, 3.05) is 0 Å². The van der Waals surface area contributed by atoms with Gasteiger partial charge >= 0.3 is 0 Å². The molecule has 2 heterocycles. The number of pyridine rings is 1. The molecule has 0 aliphatic carbocycles. The molecule has 0 aromatic carbocycles. The van der Waals surface area contributed by atoms with Gasteiger partial charge in [-0.25, -0.2) is 13.4 Å². The average molecular weight is 303 g/mol. The van der Waals surface area contributed by atoms with Gasteiger partial charge in [-0.3, -0.25) is 0 Å². The summed E-state index contributed by atoms with van der Waals surface area (Å²) in [6, 6.07) is 3.40. The van der Waals surface area contributed by atoms with Gasteiger partial charge in [-0.1, -0.05) is 13.0 Å². The summed E-state index contributed by atoms with van der Waals surface area (Å²) >= 11 is 5.69. The van der Waals surface area contributed by atoms with Crippen LogP contribution < -0.4 is 0 Å². The van der Waals surface area contributed by atoms with Crippen molar-refractivity contribution in [2.45, 2.75) is 56.1 Å². The SMILES string of the molecule is CCC1CCC(C)N1S(=O)(=O)c1ccc(CCl)cn1. The van der Waals surface area contributed by atoms with Gasteiger partial charge in [-0.2, -0.15) is 4.31 Å². The Morgan fingerprint density at radius 1 is 1.42 bits per heavy atom. The third-order valence-corrected chi connectivity index (χ3v) is 5.97. The van der Waals surface area contributed by atoms with Crippen molar-refractivity contribution in [1.82, 2.24) is 9.29 Å². The fourth-order valence-corrected chi connectivity index (χ4v) is 4.64. The first-order valence-corrected chi connectivity index (χ1v) is 8.52. The normalized spacial score (nSPS) is 24.8. The Kier molecular flexibility index (Phi) is 4.48. The van der Waals surface area contributed by atoms with E-state index in [1.165, 1.54) is 6.20 Å². The lowest BCUT2D eigenvalue weighted by atomic mass is 10.2. The first-order chi connectivity index (χ1) is 9.00. The van der Waals surface area contributed by atoms with Gasteiger partial charge in [0.05, 0.1) is 0 Å². The van der Waals surface area contributed by atoms with Crippen LogP contribution in [0.1, 0.15) is 38.7 Å². The monoisotopic (exact) mass is 302 g/mol. The smallest absolute Gasteiger partial charge is 0.243 e. The minimum atomic E-state index is -3.50. The predicted molar refractivity (Wildman–Crippen MR) is 75.6 cm³/mol. The summed E-state index contributed by atoms with van der Waals surface area (Å²) in [6.45, 7) is 3.98. The summed E-state index contributed by atoms with van der Waals surface area (Å²) < 4.78 is 26.9. The molecule has 0 saturated carbocycles. The Labute approximate surface area is 119 Å². The number of nitrogens with zero attached hydrogens (tertiary/aromatic N) is 2. The van der Waals surface area contributed by atoms with Crippen LogP contribution in [0.15, 0.2) is 23.4 Å². The highest BCUT2D eigenvalue weighted by Gasteiger charge is 2.39. The predicted octanol–water partition coefficient (Wildman–Crippen LogP) is 2.77. The molecule has 0 amide bonds. The van der Waals surface area contributed by atoms with Gasteiger partial charge in [0.1, 0.15) is 0 Å². The Morgan fingerprint density at radius 2 is 2.16 bits per heavy atom. The summed E-state index contributed by atoms with van der Waals surface area (Å²) in [7, 11) is -3.50. The molecule has 1 aromatic rings. The van der Waals surface area contributed by atoms with Gasteiger partial charge in [0, 0.05) is 24.2 Å². The highest BCUT2D eigenvalue weighted by molar-refractivity contribution is 7.89. The largest absolute Gasteiger partial charge is 0.261 e. The van der Waals surface area contributed by atoms with E-state index in [1.807, 2.05) is 13.8 Å². The van der Waals surface area contributed by atoms with E-state index >= 15 is 0 Å². The van der Waals surface area contributed by atoms with Gasteiger partial charge in [0.15, 0.2) is 5.03 Å². The van der Waals surface area contributed by atoms with Crippen molar-refractivity contribution in [3.8, 4) is 0 Å². The minimum absolute atomic E-state index is 0.0458. The third-order valence-electron chi connectivity index (χ3n) is 3.68. The molecule has 2 unspecified atom stereocenters. The maximum absolute atomic E-state index is 12.6. The second-order valence-corrected chi connectivity index (χ2v) is 7.02. The molecule has 0 bridgehead atoms. The summed E-state index contributed by atoms with van der Waals surface area (Å²) in [4.78, 5) is 4.05. The molecule has 1 aliphatic rings. The average Bonchev–Trinajstić information content (AvgIpc) is 2.80. The van der Waals surface area contributed by atoms with Crippen molar-refractivity contribution < 1.29 is 8.42 Å². The van der Waals surface area contributed by atoms with Crippen LogP contribution in [-0.2, 0) is 15.9 Å². The number of sulfonamides is 1. The van der Waals surface area contributed by atoms with Crippen molar-refractivity contribution >= 4 is 21.6 Å². The maximum atomic E-state index is 12.6. The highest BCUT2D eigenvalue weighted by Crippen LogP contribution is 2.31. The topological polar surface area (TPSA) is 50.3 Å². The maximum Gasteiger partial charge on any atom is 0.261 e. The van der Waals surface area contributed by atoms with Crippen LogP contribution in [0.3, 0.4) is 0 Å². The summed E-state index contributed by atoms with van der Waals surface area (Å²) in [6.07, 6.45) is 4.21. The van der Waals surface area contributed by atoms with E-state index in [0.29, 0.717) is 5.88 Å². The molecule has 1 aromatic heterocycles. The van der Waals surface area contributed by atoms with E-state index in [4.69, 9.17) is 11.6 Å². The first-order valence-electron chi connectivity index (χ1n) is 6.55. The van der Waals surface area contributed by atoms with E-state index in [9.17, 15) is 8.42 Å². The van der Waals surface area contributed by atoms with Crippen LogP contribution in [0.4, 0.5) is 0 Å². The van der Waals surface area contributed by atoms with Crippen molar-refractivity contribution in [1.29, 1.82) is 0 Å². The van der Waals surface area contributed by atoms with E-state index < -0.39 is 10.0 Å². The molecular weight excluding hydrogens is 284 g/mol. The lowest BCUT2D eigenvalue weighted by Crippen LogP contribution is -2.39. The number of alkyl halides is 1. The molecular formula is C13H19ClN2O2S.